The Balaban J connectivity index is 3.13. The standard InChI is InChI=1S/C10H8F2O2/c1-6(2-10(13)14)7-3-8(11)5-9(12)4-7/h2-5H,1H3,(H,13,14)/b6-2-. The van der Waals surface area contributed by atoms with Crippen molar-refractivity contribution in [3.63, 3.8) is 0 Å². The van der Waals surface area contributed by atoms with E-state index in [0.717, 1.165) is 24.3 Å². The number of hydrogen-bond acceptors (Lipinski definition) is 1. The lowest BCUT2D eigenvalue weighted by atomic mass is 10.1. The normalized spacial score (nSPS) is 11.5. The number of allylic oxidation sites excluding steroid dienone is 1. The third-order valence-corrected chi connectivity index (χ3v) is 1.66. The van der Waals surface area contributed by atoms with Crippen LogP contribution < -0.4 is 0 Å². The molecule has 0 aromatic heterocycles. The molecule has 14 heavy (non-hydrogen) atoms. The summed E-state index contributed by atoms with van der Waals surface area (Å²) in [7, 11) is 0. The second kappa shape index (κ2) is 4.00. The quantitative estimate of drug-likeness (QED) is 0.741. The minimum absolute atomic E-state index is 0.227. The van der Waals surface area contributed by atoms with E-state index < -0.39 is 17.6 Å². The lowest BCUT2D eigenvalue weighted by Crippen LogP contribution is -1.91. The van der Waals surface area contributed by atoms with Gasteiger partial charge >= 0.3 is 5.97 Å². The van der Waals surface area contributed by atoms with Crippen LogP contribution in [-0.2, 0) is 4.79 Å². The van der Waals surface area contributed by atoms with Gasteiger partial charge in [0.25, 0.3) is 0 Å². The minimum Gasteiger partial charge on any atom is -0.478 e. The van der Waals surface area contributed by atoms with Gasteiger partial charge in [-0.05, 0) is 30.2 Å². The van der Waals surface area contributed by atoms with E-state index in [1.165, 1.54) is 6.92 Å². The van der Waals surface area contributed by atoms with Crippen LogP contribution >= 0.6 is 0 Å². The number of hydrogen-bond donors (Lipinski definition) is 1. The number of rotatable bonds is 2. The largest absolute Gasteiger partial charge is 0.478 e. The van der Waals surface area contributed by atoms with Crippen molar-refractivity contribution in [3.05, 3.63) is 41.5 Å². The molecule has 1 rings (SSSR count). The third kappa shape index (κ3) is 2.65. The van der Waals surface area contributed by atoms with Crippen LogP contribution in [0.1, 0.15) is 12.5 Å². The summed E-state index contributed by atoms with van der Waals surface area (Å²) < 4.78 is 25.4. The van der Waals surface area contributed by atoms with E-state index in [1.54, 1.807) is 0 Å². The van der Waals surface area contributed by atoms with E-state index >= 15 is 0 Å². The minimum atomic E-state index is -1.15. The Labute approximate surface area is 79.5 Å². The lowest BCUT2D eigenvalue weighted by Gasteiger charge is -2.00. The van der Waals surface area contributed by atoms with Crippen LogP contribution in [0, 0.1) is 11.6 Å². The molecule has 0 saturated carbocycles. The predicted molar refractivity (Wildman–Crippen MR) is 47.6 cm³/mol. The molecule has 0 aliphatic heterocycles. The summed E-state index contributed by atoms with van der Waals surface area (Å²) in [5, 5.41) is 8.42. The van der Waals surface area contributed by atoms with E-state index in [4.69, 9.17) is 5.11 Å². The van der Waals surface area contributed by atoms with Crippen LogP contribution in [0.25, 0.3) is 5.57 Å². The van der Waals surface area contributed by atoms with Gasteiger partial charge in [-0.1, -0.05) is 0 Å². The fraction of sp³-hybridized carbons (Fsp3) is 0.100. The van der Waals surface area contributed by atoms with Crippen LogP contribution in [0.15, 0.2) is 24.3 Å². The molecule has 0 bridgehead atoms. The smallest absolute Gasteiger partial charge is 0.328 e. The molecule has 74 valence electrons. The average Bonchev–Trinajstić information content (AvgIpc) is 2.00. The first kappa shape index (κ1) is 10.4. The number of carboxylic acid groups (broad SMARTS) is 1. The molecule has 0 heterocycles. The van der Waals surface area contributed by atoms with E-state index in [2.05, 4.69) is 0 Å². The van der Waals surface area contributed by atoms with Crippen LogP contribution in [0.4, 0.5) is 8.78 Å². The van der Waals surface area contributed by atoms with Gasteiger partial charge in [-0.15, -0.1) is 0 Å². The second-order valence-electron chi connectivity index (χ2n) is 2.82. The highest BCUT2D eigenvalue weighted by molar-refractivity contribution is 5.89. The monoisotopic (exact) mass is 198 g/mol. The first-order chi connectivity index (χ1) is 6.49. The van der Waals surface area contributed by atoms with Crippen molar-refractivity contribution in [1.29, 1.82) is 0 Å². The summed E-state index contributed by atoms with van der Waals surface area (Å²) in [5.41, 5.74) is 0.529. The molecule has 4 heteroatoms. The number of halogens is 2. The van der Waals surface area contributed by atoms with Crippen molar-refractivity contribution in [2.75, 3.05) is 0 Å². The van der Waals surface area contributed by atoms with Crippen molar-refractivity contribution in [3.8, 4) is 0 Å². The molecular formula is C10H8F2O2. The molecule has 0 radical (unpaired) electrons. The fourth-order valence-electron chi connectivity index (χ4n) is 1.05. The van der Waals surface area contributed by atoms with Gasteiger partial charge in [0.05, 0.1) is 0 Å². The maximum Gasteiger partial charge on any atom is 0.328 e. The van der Waals surface area contributed by atoms with Crippen molar-refractivity contribution in [1.82, 2.24) is 0 Å². The van der Waals surface area contributed by atoms with Gasteiger partial charge in [0.15, 0.2) is 0 Å². The number of carboxylic acids is 1. The second-order valence-corrected chi connectivity index (χ2v) is 2.82. The Bertz CT molecular complexity index is 377. The average molecular weight is 198 g/mol. The van der Waals surface area contributed by atoms with Crippen molar-refractivity contribution in [2.45, 2.75) is 6.92 Å². The van der Waals surface area contributed by atoms with Crippen LogP contribution in [-0.4, -0.2) is 11.1 Å². The first-order valence-electron chi connectivity index (χ1n) is 3.87. The van der Waals surface area contributed by atoms with Gasteiger partial charge in [-0.3, -0.25) is 0 Å². The van der Waals surface area contributed by atoms with Crippen molar-refractivity contribution >= 4 is 11.5 Å². The summed E-state index contributed by atoms with van der Waals surface area (Å²) in [4.78, 5) is 10.3. The third-order valence-electron chi connectivity index (χ3n) is 1.66. The molecule has 0 unspecified atom stereocenters. The van der Waals surface area contributed by atoms with Gasteiger partial charge < -0.3 is 5.11 Å². The zero-order chi connectivity index (χ0) is 10.7. The van der Waals surface area contributed by atoms with Gasteiger partial charge in [-0.25, -0.2) is 13.6 Å². The lowest BCUT2D eigenvalue weighted by molar-refractivity contribution is -0.131. The number of benzene rings is 1. The highest BCUT2D eigenvalue weighted by Crippen LogP contribution is 2.16. The molecule has 0 spiro atoms. The van der Waals surface area contributed by atoms with Gasteiger partial charge in [0, 0.05) is 12.1 Å². The summed E-state index contributed by atoms with van der Waals surface area (Å²) in [6.45, 7) is 1.47. The molecule has 2 nitrogen and oxygen atoms in total. The van der Waals surface area contributed by atoms with Gasteiger partial charge in [-0.2, -0.15) is 0 Å². The fourth-order valence-corrected chi connectivity index (χ4v) is 1.05. The Morgan fingerprint density at radius 1 is 1.29 bits per heavy atom. The molecule has 0 amide bonds. The Kier molecular flexibility index (Phi) is 2.96. The van der Waals surface area contributed by atoms with Crippen molar-refractivity contribution < 1.29 is 18.7 Å². The number of carbonyl (C=O) groups is 1. The molecule has 0 saturated heterocycles. The maximum atomic E-state index is 12.7. The zero-order valence-electron chi connectivity index (χ0n) is 7.42. The molecule has 0 aliphatic rings. The summed E-state index contributed by atoms with van der Waals surface area (Å²) in [5.74, 6) is -2.59. The molecule has 0 aliphatic carbocycles. The Morgan fingerprint density at radius 3 is 2.21 bits per heavy atom. The summed E-state index contributed by atoms with van der Waals surface area (Å²) in [6.07, 6.45) is 0.897. The Hall–Kier alpha value is -1.71. The Morgan fingerprint density at radius 2 is 1.79 bits per heavy atom. The zero-order valence-corrected chi connectivity index (χ0v) is 7.42. The SMILES string of the molecule is C/C(=C/C(=O)O)c1cc(F)cc(F)c1. The molecule has 1 N–H and O–H groups in total. The first-order valence-corrected chi connectivity index (χ1v) is 3.87. The van der Waals surface area contributed by atoms with Crippen molar-refractivity contribution in [2.24, 2.45) is 0 Å². The molecule has 1 aromatic rings. The van der Waals surface area contributed by atoms with Crippen LogP contribution in [0.5, 0.6) is 0 Å². The van der Waals surface area contributed by atoms with Gasteiger partial charge in [0.2, 0.25) is 0 Å². The maximum absolute atomic E-state index is 12.7. The highest BCUT2D eigenvalue weighted by Gasteiger charge is 2.03. The molecular weight excluding hydrogens is 190 g/mol. The molecule has 0 atom stereocenters. The predicted octanol–water partition coefficient (Wildman–Crippen LogP) is 2.45. The van der Waals surface area contributed by atoms with Crippen LogP contribution in [0.2, 0.25) is 0 Å². The highest BCUT2D eigenvalue weighted by atomic mass is 19.1. The summed E-state index contributed by atoms with van der Waals surface area (Å²) >= 11 is 0. The van der Waals surface area contributed by atoms with E-state index in [-0.39, 0.29) is 5.56 Å². The molecule has 1 aromatic carbocycles. The van der Waals surface area contributed by atoms with Gasteiger partial charge in [0.1, 0.15) is 11.6 Å². The van der Waals surface area contributed by atoms with E-state index in [0.29, 0.717) is 5.57 Å². The van der Waals surface area contributed by atoms with E-state index in [1.807, 2.05) is 0 Å². The molecule has 0 fully saturated rings. The van der Waals surface area contributed by atoms with E-state index in [9.17, 15) is 13.6 Å². The summed E-state index contributed by atoms with van der Waals surface area (Å²) in [6, 6.07) is 2.90. The topological polar surface area (TPSA) is 37.3 Å². The van der Waals surface area contributed by atoms with Crippen LogP contribution in [0.3, 0.4) is 0 Å². The number of aliphatic carboxylic acids is 1.